The highest BCUT2D eigenvalue weighted by Crippen LogP contribution is 2.26. The molecule has 0 amide bonds. The lowest BCUT2D eigenvalue weighted by Crippen LogP contribution is -2.23. The minimum absolute atomic E-state index is 1.06. The highest BCUT2D eigenvalue weighted by Gasteiger charge is 2.14. The molecule has 1 aliphatic heterocycles. The molecule has 2 heteroatoms. The maximum absolute atomic E-state index is 2.65. The molecule has 2 heterocycles. The molecule has 0 bridgehead atoms. The molecule has 0 radical (unpaired) electrons. The minimum atomic E-state index is 1.06. The van der Waals surface area contributed by atoms with E-state index < -0.39 is 0 Å². The van der Waals surface area contributed by atoms with Gasteiger partial charge in [-0.25, -0.2) is 0 Å². The first-order valence-corrected chi connectivity index (χ1v) is 8.09. The first-order chi connectivity index (χ1) is 9.79. The Morgan fingerprint density at radius 1 is 1.05 bits per heavy atom. The summed E-state index contributed by atoms with van der Waals surface area (Å²) in [6.45, 7) is 9.19. The van der Waals surface area contributed by atoms with E-state index in [1.807, 2.05) is 0 Å². The van der Waals surface area contributed by atoms with Gasteiger partial charge in [0.15, 0.2) is 0 Å². The van der Waals surface area contributed by atoms with Gasteiger partial charge in [0.1, 0.15) is 0 Å². The fourth-order valence-electron chi connectivity index (χ4n) is 3.55. The molecule has 3 rings (SSSR count). The molecular weight excluding hydrogens is 244 g/mol. The summed E-state index contributed by atoms with van der Waals surface area (Å²) < 4.78 is 2.40. The maximum atomic E-state index is 2.65. The average Bonchev–Trinajstić information content (AvgIpc) is 2.63. The largest absolute Gasteiger partial charge is 0.347 e. The van der Waals surface area contributed by atoms with Crippen LogP contribution in [0.4, 0.5) is 0 Å². The van der Waals surface area contributed by atoms with E-state index in [4.69, 9.17) is 0 Å². The summed E-state index contributed by atoms with van der Waals surface area (Å²) in [6, 6.07) is 6.69. The van der Waals surface area contributed by atoms with Crippen molar-refractivity contribution in [2.75, 3.05) is 13.1 Å². The molecule has 0 aliphatic carbocycles. The molecule has 2 nitrogen and oxygen atoms in total. The van der Waals surface area contributed by atoms with E-state index in [0.717, 1.165) is 13.1 Å². The molecule has 1 saturated heterocycles. The van der Waals surface area contributed by atoms with Gasteiger partial charge >= 0.3 is 0 Å². The molecular formula is C18H26N2. The van der Waals surface area contributed by atoms with Gasteiger partial charge in [0, 0.05) is 30.2 Å². The van der Waals surface area contributed by atoms with E-state index >= 15 is 0 Å². The fraction of sp³-hybridized carbons (Fsp3) is 0.556. The number of likely N-dealkylation sites (tertiary alicyclic amines) is 1. The highest BCUT2D eigenvalue weighted by molar-refractivity contribution is 5.87. The van der Waals surface area contributed by atoms with Crippen molar-refractivity contribution >= 4 is 10.9 Å². The van der Waals surface area contributed by atoms with E-state index in [2.05, 4.69) is 47.7 Å². The third kappa shape index (κ3) is 2.62. The van der Waals surface area contributed by atoms with Gasteiger partial charge in [0.05, 0.1) is 0 Å². The molecule has 0 spiro atoms. The summed E-state index contributed by atoms with van der Waals surface area (Å²) in [5.74, 6) is 0. The van der Waals surface area contributed by atoms with E-state index in [0.29, 0.717) is 0 Å². The normalized spacial score (nSPS) is 17.5. The van der Waals surface area contributed by atoms with E-state index in [1.54, 1.807) is 0 Å². The van der Waals surface area contributed by atoms with E-state index in [1.165, 1.54) is 60.8 Å². The summed E-state index contributed by atoms with van der Waals surface area (Å²) in [4.78, 5) is 2.65. The fourth-order valence-corrected chi connectivity index (χ4v) is 3.55. The molecule has 2 aromatic rings. The summed E-state index contributed by atoms with van der Waals surface area (Å²) in [5, 5.41) is 1.48. The van der Waals surface area contributed by atoms with Gasteiger partial charge in [-0.2, -0.15) is 0 Å². The zero-order valence-corrected chi connectivity index (χ0v) is 12.9. The highest BCUT2D eigenvalue weighted by atomic mass is 15.1. The monoisotopic (exact) mass is 270 g/mol. The van der Waals surface area contributed by atoms with Crippen LogP contribution in [0.1, 0.15) is 43.7 Å². The Morgan fingerprint density at radius 2 is 1.80 bits per heavy atom. The zero-order chi connectivity index (χ0) is 13.9. The molecule has 1 aromatic heterocycles. The first-order valence-electron chi connectivity index (χ1n) is 8.09. The van der Waals surface area contributed by atoms with Crippen molar-refractivity contribution in [2.24, 2.45) is 0 Å². The molecule has 20 heavy (non-hydrogen) atoms. The van der Waals surface area contributed by atoms with Crippen LogP contribution in [0.15, 0.2) is 24.4 Å². The van der Waals surface area contributed by atoms with Crippen LogP contribution in [0.2, 0.25) is 0 Å². The molecule has 0 N–H and O–H groups in total. The lowest BCUT2D eigenvalue weighted by molar-refractivity contribution is 0.278. The Kier molecular flexibility index (Phi) is 4.11. The topological polar surface area (TPSA) is 8.17 Å². The van der Waals surface area contributed by atoms with Gasteiger partial charge in [-0.1, -0.05) is 25.0 Å². The number of nitrogens with zero attached hydrogens (tertiary/aromatic N) is 2. The van der Waals surface area contributed by atoms with Crippen LogP contribution in [0.5, 0.6) is 0 Å². The number of hydrogen-bond donors (Lipinski definition) is 0. The summed E-state index contributed by atoms with van der Waals surface area (Å²) >= 11 is 0. The third-order valence-corrected chi connectivity index (χ3v) is 4.63. The molecule has 0 saturated carbocycles. The van der Waals surface area contributed by atoms with Gasteiger partial charge in [0.25, 0.3) is 0 Å². The second kappa shape index (κ2) is 6.01. The Bertz CT molecular complexity index is 574. The Labute approximate surface area is 122 Å². The molecule has 0 atom stereocenters. The van der Waals surface area contributed by atoms with Crippen LogP contribution < -0.4 is 0 Å². The van der Waals surface area contributed by atoms with Crippen LogP contribution in [-0.4, -0.2) is 22.6 Å². The van der Waals surface area contributed by atoms with E-state index in [-0.39, 0.29) is 0 Å². The second-order valence-electron chi connectivity index (χ2n) is 6.10. The van der Waals surface area contributed by atoms with Crippen LogP contribution in [-0.2, 0) is 13.1 Å². The van der Waals surface area contributed by atoms with Crippen LogP contribution in [0.25, 0.3) is 10.9 Å². The quantitative estimate of drug-likeness (QED) is 0.805. The molecule has 1 fully saturated rings. The minimum Gasteiger partial charge on any atom is -0.347 e. The summed E-state index contributed by atoms with van der Waals surface area (Å²) in [5.41, 5.74) is 4.33. The number of rotatable bonds is 3. The SMILES string of the molecule is CCn1cc(CN2CCCCCC2)c2c(C)cccc21. The van der Waals surface area contributed by atoms with Crippen molar-refractivity contribution in [3.05, 3.63) is 35.5 Å². The third-order valence-electron chi connectivity index (χ3n) is 4.63. The Morgan fingerprint density at radius 3 is 2.50 bits per heavy atom. The maximum Gasteiger partial charge on any atom is 0.0486 e. The van der Waals surface area contributed by atoms with Gasteiger partial charge in [-0.05, 0) is 57.0 Å². The predicted molar refractivity (Wildman–Crippen MR) is 86.1 cm³/mol. The van der Waals surface area contributed by atoms with Gasteiger partial charge in [0.2, 0.25) is 0 Å². The second-order valence-corrected chi connectivity index (χ2v) is 6.10. The number of hydrogen-bond acceptors (Lipinski definition) is 1. The van der Waals surface area contributed by atoms with Crippen molar-refractivity contribution in [3.8, 4) is 0 Å². The first kappa shape index (κ1) is 13.7. The molecule has 1 aromatic carbocycles. The Balaban J connectivity index is 1.94. The Hall–Kier alpha value is -1.28. The number of aromatic nitrogens is 1. The van der Waals surface area contributed by atoms with Crippen LogP contribution in [0.3, 0.4) is 0 Å². The standard InChI is InChI=1S/C18H26N2/c1-3-20-14-16(13-19-11-6-4-5-7-12-19)18-15(2)9-8-10-17(18)20/h8-10,14H,3-7,11-13H2,1-2H3. The van der Waals surface area contributed by atoms with Gasteiger partial charge in [-0.3, -0.25) is 4.90 Å². The van der Waals surface area contributed by atoms with Crippen molar-refractivity contribution in [3.63, 3.8) is 0 Å². The summed E-state index contributed by atoms with van der Waals surface area (Å²) in [6.07, 6.45) is 7.93. The average molecular weight is 270 g/mol. The molecule has 108 valence electrons. The smallest absolute Gasteiger partial charge is 0.0486 e. The van der Waals surface area contributed by atoms with Crippen molar-refractivity contribution < 1.29 is 0 Å². The number of fused-ring (bicyclic) bond motifs is 1. The van der Waals surface area contributed by atoms with Crippen molar-refractivity contribution in [1.82, 2.24) is 9.47 Å². The number of aryl methyl sites for hydroxylation is 2. The lowest BCUT2D eigenvalue weighted by Gasteiger charge is -2.19. The lowest BCUT2D eigenvalue weighted by atomic mass is 10.1. The zero-order valence-electron chi connectivity index (χ0n) is 12.9. The van der Waals surface area contributed by atoms with Crippen molar-refractivity contribution in [1.29, 1.82) is 0 Å². The summed E-state index contributed by atoms with van der Waals surface area (Å²) in [7, 11) is 0. The van der Waals surface area contributed by atoms with Gasteiger partial charge in [-0.15, -0.1) is 0 Å². The van der Waals surface area contributed by atoms with E-state index in [9.17, 15) is 0 Å². The number of benzene rings is 1. The van der Waals surface area contributed by atoms with Gasteiger partial charge < -0.3 is 4.57 Å². The molecule has 1 aliphatic rings. The predicted octanol–water partition coefficient (Wildman–Crippen LogP) is 4.35. The van der Waals surface area contributed by atoms with Crippen LogP contribution >= 0.6 is 0 Å². The molecule has 0 unspecified atom stereocenters. The van der Waals surface area contributed by atoms with Crippen LogP contribution in [0, 0.1) is 6.92 Å². The van der Waals surface area contributed by atoms with Crippen molar-refractivity contribution in [2.45, 2.75) is 52.6 Å².